The molecule has 3 aromatic carbocycles. The number of amides is 9. The van der Waals surface area contributed by atoms with Gasteiger partial charge in [0.25, 0.3) is 0 Å². The average molecular weight is 1170 g/mol. The average Bonchev–Trinajstić information content (AvgIpc) is 4.14. The number of H-pyrrole nitrogens is 1. The number of unbranched alkanes of at least 4 members (excludes halogenated alkanes) is 1. The first kappa shape index (κ1) is 67.3. The highest BCUT2D eigenvalue weighted by molar-refractivity contribution is 7.98. The van der Waals surface area contributed by atoms with Crippen LogP contribution >= 0.6 is 11.8 Å². The number of phenolic OH excluding ortho intramolecular Hbond substituents is 1. The van der Waals surface area contributed by atoms with Gasteiger partial charge >= 0.3 is 0 Å². The molecule has 0 saturated carbocycles. The van der Waals surface area contributed by atoms with Crippen LogP contribution in [0.2, 0.25) is 0 Å². The van der Waals surface area contributed by atoms with Crippen molar-refractivity contribution in [1.82, 2.24) is 47.5 Å². The lowest BCUT2D eigenvalue weighted by molar-refractivity contribution is -0.136. The van der Waals surface area contributed by atoms with Crippen LogP contribution in [0.15, 0.2) is 90.1 Å². The summed E-state index contributed by atoms with van der Waals surface area (Å²) in [6.45, 7) is 8.52. The number of carbonyl (C=O) groups is 9. The number of phenols is 1. The Balaban J connectivity index is 1.59. The zero-order valence-corrected chi connectivity index (χ0v) is 48.9. The first-order valence-corrected chi connectivity index (χ1v) is 29.2. The van der Waals surface area contributed by atoms with E-state index in [-0.39, 0.29) is 56.8 Å². The Kier molecular flexibility index (Phi) is 27.8. The van der Waals surface area contributed by atoms with Crippen LogP contribution in [0.1, 0.15) is 89.8 Å². The van der Waals surface area contributed by atoms with Crippen LogP contribution in [-0.2, 0) is 62.4 Å². The molecule has 4 rings (SSSR count). The quantitative estimate of drug-likeness (QED) is 0.0170. The van der Waals surface area contributed by atoms with Gasteiger partial charge in [-0.25, -0.2) is 0 Å². The number of hydrogen-bond donors (Lipinski definition) is 14. The molecule has 0 aliphatic rings. The van der Waals surface area contributed by atoms with Gasteiger partial charge in [0, 0.05) is 49.8 Å². The Morgan fingerprint density at radius 3 is 1.55 bits per heavy atom. The number of carbonyl (C=O) groups excluding carboxylic acids is 9. The summed E-state index contributed by atoms with van der Waals surface area (Å²) in [4.78, 5) is 132. The minimum Gasteiger partial charge on any atom is -0.508 e. The molecule has 4 aromatic rings. The van der Waals surface area contributed by atoms with E-state index in [9.17, 15) is 48.3 Å². The molecule has 0 unspecified atom stereocenters. The van der Waals surface area contributed by atoms with Crippen LogP contribution in [0.25, 0.3) is 10.9 Å². The van der Waals surface area contributed by atoms with E-state index >= 15 is 0 Å². The third-order valence-electron chi connectivity index (χ3n) is 13.6. The molecule has 0 aliphatic carbocycles. The number of aromatic amines is 1. The van der Waals surface area contributed by atoms with Crippen molar-refractivity contribution >= 4 is 81.8 Å². The molecule has 8 atom stereocenters. The van der Waals surface area contributed by atoms with Gasteiger partial charge in [0.1, 0.15) is 54.1 Å². The van der Waals surface area contributed by atoms with Gasteiger partial charge in [-0.15, -0.1) is 0 Å². The summed E-state index contributed by atoms with van der Waals surface area (Å²) in [5, 5.41) is 32.9. The minimum absolute atomic E-state index is 0.000361. The highest BCUT2D eigenvalue weighted by Gasteiger charge is 2.37. The number of primary amides is 1. The maximum absolute atomic E-state index is 14.6. The molecule has 25 heteroatoms. The topological polar surface area (TPSA) is 402 Å². The number of benzene rings is 3. The standard InChI is InChI=1S/C58H84N14O10S/c1-33(2)48(56(81)67-44(25-28-83-6)52(77)70-47(31-38-32-64-41-18-11-10-17-40(38)41)54(79)66-42(50(60)75)19-12-13-26-59)72-57(82)49(34(3)4)71-55(80)46(30-37-21-23-39(74)24-22-37)69-53(78)45(29-36-15-8-7-9-16-36)68-51(76)43(65-35(5)73)20-14-27-63-58(61)62/h7-11,15-18,21-24,32-34,42-49,64,74H,12-14,19-20,25-31,59H2,1-6H3,(H2,60,75)(H,65,73)(H,66,79)(H,67,81)(H,68,76)(H,69,78)(H,70,77)(H,71,80)(H,72,82)(H4,61,62,63)/t42-,43-,44-,45-,46-,47-,48-,49-/m0/s1. The number of aromatic nitrogens is 1. The van der Waals surface area contributed by atoms with Gasteiger partial charge < -0.3 is 75.6 Å². The summed E-state index contributed by atoms with van der Waals surface area (Å²) in [5.74, 6) is -7.33. The van der Waals surface area contributed by atoms with Crippen LogP contribution in [0.4, 0.5) is 0 Å². The second kappa shape index (κ2) is 34.3. The third kappa shape index (κ3) is 22.6. The van der Waals surface area contributed by atoms with Gasteiger partial charge in [-0.3, -0.25) is 48.1 Å². The van der Waals surface area contributed by atoms with Gasteiger partial charge in [-0.05, 0) is 104 Å². The highest BCUT2D eigenvalue weighted by Crippen LogP contribution is 2.20. The van der Waals surface area contributed by atoms with E-state index in [2.05, 4.69) is 52.5 Å². The monoisotopic (exact) mass is 1170 g/mol. The molecule has 0 fully saturated rings. The van der Waals surface area contributed by atoms with E-state index < -0.39 is 113 Å². The van der Waals surface area contributed by atoms with Gasteiger partial charge in [0.15, 0.2) is 5.96 Å². The van der Waals surface area contributed by atoms with Gasteiger partial charge in [0.2, 0.25) is 53.2 Å². The van der Waals surface area contributed by atoms with Crippen LogP contribution in [0.3, 0.4) is 0 Å². The zero-order valence-electron chi connectivity index (χ0n) is 48.1. The first-order valence-electron chi connectivity index (χ1n) is 27.8. The Morgan fingerprint density at radius 2 is 1.01 bits per heavy atom. The Morgan fingerprint density at radius 1 is 0.542 bits per heavy atom. The van der Waals surface area contributed by atoms with Crippen molar-refractivity contribution in [2.24, 2.45) is 39.8 Å². The lowest BCUT2D eigenvalue weighted by Crippen LogP contribution is -2.62. The number of para-hydroxylation sites is 1. The number of nitrogens with two attached hydrogens (primary N) is 4. The second-order valence-corrected chi connectivity index (χ2v) is 22.0. The molecule has 0 bridgehead atoms. The van der Waals surface area contributed by atoms with E-state index in [0.29, 0.717) is 48.3 Å². The predicted octanol–water partition coefficient (Wildman–Crippen LogP) is 0.533. The fourth-order valence-corrected chi connectivity index (χ4v) is 9.56. The fourth-order valence-electron chi connectivity index (χ4n) is 9.08. The smallest absolute Gasteiger partial charge is 0.243 e. The molecule has 0 radical (unpaired) electrons. The van der Waals surface area contributed by atoms with E-state index in [1.165, 1.54) is 30.8 Å². The lowest BCUT2D eigenvalue weighted by atomic mass is 9.98. The van der Waals surface area contributed by atoms with Crippen molar-refractivity contribution in [3.8, 4) is 5.75 Å². The molecular weight excluding hydrogens is 1080 g/mol. The molecule has 0 spiro atoms. The summed E-state index contributed by atoms with van der Waals surface area (Å²) in [6, 6.07) is 12.3. The molecule has 9 amide bonds. The number of hydrogen-bond acceptors (Lipinski definition) is 13. The lowest BCUT2D eigenvalue weighted by Gasteiger charge is -2.30. The maximum atomic E-state index is 14.6. The van der Waals surface area contributed by atoms with Crippen LogP contribution in [0.5, 0.6) is 5.75 Å². The predicted molar refractivity (Wildman–Crippen MR) is 320 cm³/mol. The molecule has 0 aliphatic heterocycles. The number of guanidine groups is 1. The number of aromatic hydroxyl groups is 1. The number of fused-ring (bicyclic) bond motifs is 1. The molecule has 83 heavy (non-hydrogen) atoms. The maximum Gasteiger partial charge on any atom is 0.243 e. The summed E-state index contributed by atoms with van der Waals surface area (Å²) in [7, 11) is 0. The highest BCUT2D eigenvalue weighted by atomic mass is 32.2. The van der Waals surface area contributed by atoms with Crippen molar-refractivity contribution in [3.63, 3.8) is 0 Å². The Hall–Kier alpha value is -8.19. The van der Waals surface area contributed by atoms with Crippen molar-refractivity contribution < 1.29 is 48.3 Å². The van der Waals surface area contributed by atoms with E-state index in [1.807, 2.05) is 30.5 Å². The van der Waals surface area contributed by atoms with Crippen molar-refractivity contribution in [1.29, 1.82) is 0 Å². The Bertz CT molecular complexity index is 2830. The van der Waals surface area contributed by atoms with E-state index in [4.69, 9.17) is 22.9 Å². The van der Waals surface area contributed by atoms with E-state index in [1.54, 1.807) is 76.4 Å². The summed E-state index contributed by atoms with van der Waals surface area (Å²) < 4.78 is 0. The summed E-state index contributed by atoms with van der Waals surface area (Å²) in [6.07, 6.45) is 5.25. The molecular formula is C58H84N14O10S. The Labute approximate surface area is 488 Å². The van der Waals surface area contributed by atoms with Crippen LogP contribution < -0.4 is 65.5 Å². The van der Waals surface area contributed by atoms with Gasteiger partial charge in [0.05, 0.1) is 0 Å². The van der Waals surface area contributed by atoms with Crippen molar-refractivity contribution in [2.75, 3.05) is 25.1 Å². The largest absolute Gasteiger partial charge is 0.508 e. The van der Waals surface area contributed by atoms with Crippen LogP contribution in [-0.4, -0.2) is 143 Å². The molecule has 0 saturated heterocycles. The number of thioether (sulfide) groups is 1. The molecule has 1 aromatic heterocycles. The van der Waals surface area contributed by atoms with E-state index in [0.717, 1.165) is 10.9 Å². The number of aliphatic imine (C=N–C) groups is 1. The summed E-state index contributed by atoms with van der Waals surface area (Å²) >= 11 is 1.42. The summed E-state index contributed by atoms with van der Waals surface area (Å²) in [5.41, 5.74) is 25.0. The SMILES string of the molecule is CSCC[C@H](NC(=O)[C@@H](NC(=O)[C@@H](NC(=O)[C@H](Cc1ccc(O)cc1)NC(=O)[C@H](Cc1ccccc1)NC(=O)[C@H](CCCN=C(N)N)NC(C)=O)C(C)C)C(C)C)C(=O)N[C@@H](Cc1c[nH]c2ccccc12)C(=O)N[C@@H](CCCCN)C(N)=O. The first-order chi connectivity index (χ1) is 39.5. The number of nitrogens with zero attached hydrogens (tertiary/aromatic N) is 1. The van der Waals surface area contributed by atoms with Crippen molar-refractivity contribution in [3.05, 3.63) is 102 Å². The number of nitrogens with one attached hydrogen (secondary N) is 9. The third-order valence-corrected chi connectivity index (χ3v) is 14.3. The van der Waals surface area contributed by atoms with Crippen LogP contribution in [0, 0.1) is 11.8 Å². The minimum atomic E-state index is -1.39. The second-order valence-electron chi connectivity index (χ2n) is 21.1. The molecule has 18 N–H and O–H groups in total. The number of rotatable bonds is 35. The normalized spacial score (nSPS) is 14.1. The molecule has 1 heterocycles. The fraction of sp³-hybridized carbons (Fsp3) is 0.483. The molecule has 24 nitrogen and oxygen atoms in total. The van der Waals surface area contributed by atoms with Gasteiger partial charge in [-0.2, -0.15) is 11.8 Å². The molecule has 452 valence electrons. The van der Waals surface area contributed by atoms with Gasteiger partial charge in [-0.1, -0.05) is 88.4 Å². The zero-order chi connectivity index (χ0) is 61.2. The van der Waals surface area contributed by atoms with Crippen molar-refractivity contribution in [2.45, 2.75) is 141 Å².